The lowest BCUT2D eigenvalue weighted by atomic mass is 9.87. The number of carbonyl (C=O) groups is 1. The van der Waals surface area contributed by atoms with Crippen molar-refractivity contribution in [1.82, 2.24) is 0 Å². The second-order valence-electron chi connectivity index (χ2n) is 5.92. The summed E-state index contributed by atoms with van der Waals surface area (Å²) in [5.41, 5.74) is 8.81. The van der Waals surface area contributed by atoms with E-state index in [9.17, 15) is 4.79 Å². The van der Waals surface area contributed by atoms with Crippen LogP contribution in [0.2, 0.25) is 0 Å². The molecule has 1 rings (SSSR count). The molecule has 1 unspecified atom stereocenters. The van der Waals surface area contributed by atoms with E-state index in [-0.39, 0.29) is 5.78 Å². The van der Waals surface area contributed by atoms with Crippen molar-refractivity contribution in [3.8, 4) is 0 Å². The van der Waals surface area contributed by atoms with Crippen molar-refractivity contribution in [2.75, 3.05) is 6.54 Å². The van der Waals surface area contributed by atoms with Crippen molar-refractivity contribution < 1.29 is 4.79 Å². The Morgan fingerprint density at radius 1 is 1.11 bits per heavy atom. The second-order valence-corrected chi connectivity index (χ2v) is 5.92. The molecular formula is C17H27NO. The molecule has 0 saturated heterocycles. The molecule has 0 bridgehead atoms. The molecule has 1 aromatic carbocycles. The molecule has 0 saturated carbocycles. The topological polar surface area (TPSA) is 43.1 Å². The minimum atomic E-state index is 0.259. The largest absolute Gasteiger partial charge is 0.330 e. The van der Waals surface area contributed by atoms with Crippen molar-refractivity contribution in [1.29, 1.82) is 0 Å². The molecule has 0 radical (unpaired) electrons. The number of aryl methyl sites for hydroxylation is 2. The normalized spacial score (nSPS) is 12.7. The van der Waals surface area contributed by atoms with Crippen LogP contribution in [0.3, 0.4) is 0 Å². The summed E-state index contributed by atoms with van der Waals surface area (Å²) in [6, 6.07) is 6.08. The number of Topliss-reactive ketones (excluding diaryl/α,β-unsaturated/α-hetero) is 1. The number of carbonyl (C=O) groups excluding carboxylic acids is 1. The maximum absolute atomic E-state index is 12.2. The van der Waals surface area contributed by atoms with Crippen molar-refractivity contribution in [2.45, 2.75) is 47.0 Å². The van der Waals surface area contributed by atoms with E-state index in [0.29, 0.717) is 24.8 Å². The van der Waals surface area contributed by atoms with E-state index in [2.05, 4.69) is 19.9 Å². The smallest absolute Gasteiger partial charge is 0.162 e. The van der Waals surface area contributed by atoms with Gasteiger partial charge in [-0.25, -0.2) is 0 Å². The molecule has 0 aromatic heterocycles. The fraction of sp³-hybridized carbons (Fsp3) is 0.588. The lowest BCUT2D eigenvalue weighted by molar-refractivity contribution is 0.0969. The molecule has 0 fully saturated rings. The van der Waals surface area contributed by atoms with Gasteiger partial charge < -0.3 is 5.73 Å². The Labute approximate surface area is 117 Å². The highest BCUT2D eigenvalue weighted by molar-refractivity contribution is 5.96. The molecule has 19 heavy (non-hydrogen) atoms. The van der Waals surface area contributed by atoms with Gasteiger partial charge in [-0.15, -0.1) is 0 Å². The maximum atomic E-state index is 12.2. The third-order valence-corrected chi connectivity index (χ3v) is 3.77. The first-order valence-electron chi connectivity index (χ1n) is 7.25. The lowest BCUT2D eigenvalue weighted by Gasteiger charge is -2.19. The van der Waals surface area contributed by atoms with Gasteiger partial charge in [0.25, 0.3) is 0 Å². The SMILES string of the molecule is Cc1cc(C)cc(C(=O)CCC(CCN)C(C)C)c1. The summed E-state index contributed by atoms with van der Waals surface area (Å²) in [7, 11) is 0. The van der Waals surface area contributed by atoms with E-state index < -0.39 is 0 Å². The van der Waals surface area contributed by atoms with Crippen LogP contribution in [0, 0.1) is 25.7 Å². The highest BCUT2D eigenvalue weighted by Crippen LogP contribution is 2.22. The first kappa shape index (κ1) is 15.9. The van der Waals surface area contributed by atoms with E-state index in [1.807, 2.05) is 26.0 Å². The number of hydrogen-bond donors (Lipinski definition) is 1. The van der Waals surface area contributed by atoms with Crippen LogP contribution in [-0.2, 0) is 0 Å². The summed E-state index contributed by atoms with van der Waals surface area (Å²) < 4.78 is 0. The molecular weight excluding hydrogens is 234 g/mol. The summed E-state index contributed by atoms with van der Waals surface area (Å²) >= 11 is 0. The number of nitrogens with two attached hydrogens (primary N) is 1. The zero-order valence-electron chi connectivity index (χ0n) is 12.7. The molecule has 0 spiro atoms. The van der Waals surface area contributed by atoms with E-state index >= 15 is 0 Å². The lowest BCUT2D eigenvalue weighted by Crippen LogP contribution is -2.16. The predicted octanol–water partition coefficient (Wildman–Crippen LogP) is 3.89. The summed E-state index contributed by atoms with van der Waals surface area (Å²) in [6.07, 6.45) is 2.59. The van der Waals surface area contributed by atoms with E-state index in [1.165, 1.54) is 0 Å². The number of ketones is 1. The van der Waals surface area contributed by atoms with Gasteiger partial charge in [-0.3, -0.25) is 4.79 Å². The van der Waals surface area contributed by atoms with Gasteiger partial charge in [0.2, 0.25) is 0 Å². The van der Waals surface area contributed by atoms with Crippen LogP contribution in [0.5, 0.6) is 0 Å². The standard InChI is InChI=1S/C17H27NO/c1-12(2)15(7-8-18)5-6-17(19)16-10-13(3)9-14(4)11-16/h9-12,15H,5-8,18H2,1-4H3. The molecule has 0 aliphatic carbocycles. The van der Waals surface area contributed by atoms with Gasteiger partial charge in [0.1, 0.15) is 0 Å². The van der Waals surface area contributed by atoms with Gasteiger partial charge in [0.15, 0.2) is 5.78 Å². The summed E-state index contributed by atoms with van der Waals surface area (Å²) in [5, 5.41) is 0. The monoisotopic (exact) mass is 261 g/mol. The fourth-order valence-corrected chi connectivity index (χ4v) is 2.62. The summed E-state index contributed by atoms with van der Waals surface area (Å²) in [5.74, 6) is 1.41. The molecule has 1 aromatic rings. The number of hydrogen-bond acceptors (Lipinski definition) is 2. The van der Waals surface area contributed by atoms with Gasteiger partial charge in [-0.1, -0.05) is 31.0 Å². The van der Waals surface area contributed by atoms with Crippen molar-refractivity contribution >= 4 is 5.78 Å². The Bertz CT molecular complexity index is 403. The van der Waals surface area contributed by atoms with Crippen LogP contribution in [0.25, 0.3) is 0 Å². The van der Waals surface area contributed by atoms with Crippen LogP contribution >= 0.6 is 0 Å². The quantitative estimate of drug-likeness (QED) is 0.757. The highest BCUT2D eigenvalue weighted by Gasteiger charge is 2.15. The first-order chi connectivity index (χ1) is 8.93. The summed E-state index contributed by atoms with van der Waals surface area (Å²) in [4.78, 5) is 12.2. The predicted molar refractivity (Wildman–Crippen MR) is 81.5 cm³/mol. The number of benzene rings is 1. The van der Waals surface area contributed by atoms with Gasteiger partial charge >= 0.3 is 0 Å². The third-order valence-electron chi connectivity index (χ3n) is 3.77. The van der Waals surface area contributed by atoms with Gasteiger partial charge in [-0.05, 0) is 57.2 Å². The van der Waals surface area contributed by atoms with E-state index in [1.54, 1.807) is 0 Å². The average Bonchev–Trinajstić information content (AvgIpc) is 2.32. The molecule has 2 heteroatoms. The molecule has 2 N–H and O–H groups in total. The zero-order valence-corrected chi connectivity index (χ0v) is 12.7. The summed E-state index contributed by atoms with van der Waals surface area (Å²) in [6.45, 7) is 9.20. The highest BCUT2D eigenvalue weighted by atomic mass is 16.1. The Balaban J connectivity index is 2.63. The van der Waals surface area contributed by atoms with Crippen LogP contribution < -0.4 is 5.73 Å². The van der Waals surface area contributed by atoms with E-state index in [4.69, 9.17) is 5.73 Å². The Kier molecular flexibility index (Phi) is 6.23. The Hall–Kier alpha value is -1.15. The first-order valence-corrected chi connectivity index (χ1v) is 7.25. The van der Waals surface area contributed by atoms with Gasteiger partial charge in [-0.2, -0.15) is 0 Å². The Morgan fingerprint density at radius 2 is 1.68 bits per heavy atom. The molecule has 0 heterocycles. The van der Waals surface area contributed by atoms with E-state index in [0.717, 1.165) is 29.5 Å². The second kappa shape index (κ2) is 7.44. The van der Waals surface area contributed by atoms with Crippen molar-refractivity contribution in [3.63, 3.8) is 0 Å². The zero-order chi connectivity index (χ0) is 14.4. The molecule has 1 atom stereocenters. The Morgan fingerprint density at radius 3 is 2.16 bits per heavy atom. The molecule has 106 valence electrons. The van der Waals surface area contributed by atoms with Crippen molar-refractivity contribution in [3.05, 3.63) is 34.9 Å². The molecule has 0 aliphatic rings. The maximum Gasteiger partial charge on any atom is 0.162 e. The third kappa shape index (κ3) is 5.15. The van der Waals surface area contributed by atoms with Gasteiger partial charge in [0.05, 0.1) is 0 Å². The van der Waals surface area contributed by atoms with Crippen LogP contribution in [0.4, 0.5) is 0 Å². The minimum absolute atomic E-state index is 0.259. The van der Waals surface area contributed by atoms with Crippen LogP contribution in [0.1, 0.15) is 54.6 Å². The minimum Gasteiger partial charge on any atom is -0.330 e. The molecule has 0 amide bonds. The average molecular weight is 261 g/mol. The fourth-order valence-electron chi connectivity index (χ4n) is 2.62. The van der Waals surface area contributed by atoms with Crippen LogP contribution in [0.15, 0.2) is 18.2 Å². The van der Waals surface area contributed by atoms with Crippen molar-refractivity contribution in [2.24, 2.45) is 17.6 Å². The number of rotatable bonds is 7. The van der Waals surface area contributed by atoms with Gasteiger partial charge in [0, 0.05) is 12.0 Å². The van der Waals surface area contributed by atoms with Crippen LogP contribution in [-0.4, -0.2) is 12.3 Å². The molecule has 2 nitrogen and oxygen atoms in total. The molecule has 0 aliphatic heterocycles.